The van der Waals surface area contributed by atoms with Gasteiger partial charge in [0.1, 0.15) is 22.5 Å². The molecule has 0 atom stereocenters. The van der Waals surface area contributed by atoms with Crippen molar-refractivity contribution in [2.75, 3.05) is 44.8 Å². The second-order valence-corrected chi connectivity index (χ2v) is 9.72. The van der Waals surface area contributed by atoms with E-state index in [1.165, 1.54) is 5.56 Å². The number of rotatable bonds is 9. The molecule has 9 heteroatoms. The molecule has 0 amide bonds. The number of nitrogen functional groups attached to an aromatic ring is 1. The summed E-state index contributed by atoms with van der Waals surface area (Å²) in [5.41, 5.74) is 11.0. The van der Waals surface area contributed by atoms with Crippen LogP contribution in [0.25, 0.3) is 11.0 Å². The highest BCUT2D eigenvalue weighted by molar-refractivity contribution is 5.89. The number of hydrogen-bond donors (Lipinski definition) is 2. The van der Waals surface area contributed by atoms with E-state index in [9.17, 15) is 0 Å². The second kappa shape index (κ2) is 9.74. The lowest BCUT2D eigenvalue weighted by Gasteiger charge is -2.29. The van der Waals surface area contributed by atoms with Crippen LogP contribution in [0.2, 0.25) is 0 Å². The van der Waals surface area contributed by atoms with Crippen LogP contribution in [-0.2, 0) is 6.54 Å². The fraction of sp³-hybridized carbons (Fsp3) is 0.600. The fourth-order valence-electron chi connectivity index (χ4n) is 4.87. The van der Waals surface area contributed by atoms with Crippen LogP contribution in [0, 0.1) is 0 Å². The Morgan fingerprint density at radius 2 is 1.94 bits per heavy atom. The van der Waals surface area contributed by atoms with Gasteiger partial charge in [0.2, 0.25) is 5.95 Å². The SMILES string of the molecule is CCCCNc1nc(N)nc2c(C3CC3)nn(Cc3ncc(C4CCN(C)CC4)cc3OC)c12. The first-order valence-electron chi connectivity index (χ1n) is 12.6. The third-order valence-corrected chi connectivity index (χ3v) is 7.08. The third kappa shape index (κ3) is 4.66. The van der Waals surface area contributed by atoms with Gasteiger partial charge in [0, 0.05) is 18.7 Å². The minimum Gasteiger partial charge on any atom is -0.495 e. The number of likely N-dealkylation sites (tertiary alicyclic amines) is 1. The lowest BCUT2D eigenvalue weighted by molar-refractivity contribution is 0.255. The first kappa shape index (κ1) is 22.8. The molecule has 1 saturated carbocycles. The Hall–Kier alpha value is -2.94. The van der Waals surface area contributed by atoms with Crippen LogP contribution in [-0.4, -0.2) is 63.4 Å². The van der Waals surface area contributed by atoms with Gasteiger partial charge in [0.05, 0.1) is 19.3 Å². The zero-order valence-corrected chi connectivity index (χ0v) is 20.5. The number of pyridine rings is 1. The minimum atomic E-state index is 0.283. The van der Waals surface area contributed by atoms with Crippen LogP contribution in [0.4, 0.5) is 11.8 Å². The maximum absolute atomic E-state index is 6.09. The van der Waals surface area contributed by atoms with Gasteiger partial charge in [-0.05, 0) is 69.8 Å². The van der Waals surface area contributed by atoms with Crippen molar-refractivity contribution in [2.24, 2.45) is 0 Å². The number of nitrogens with zero attached hydrogens (tertiary/aromatic N) is 6. The van der Waals surface area contributed by atoms with Crippen molar-refractivity contribution < 1.29 is 4.74 Å². The number of nitrogens with two attached hydrogens (primary N) is 1. The number of hydrogen-bond acceptors (Lipinski definition) is 8. The van der Waals surface area contributed by atoms with E-state index in [1.54, 1.807) is 7.11 Å². The van der Waals surface area contributed by atoms with Gasteiger partial charge >= 0.3 is 0 Å². The van der Waals surface area contributed by atoms with E-state index in [0.29, 0.717) is 18.4 Å². The first-order chi connectivity index (χ1) is 16.6. The normalized spacial score (nSPS) is 17.4. The molecule has 3 aromatic rings. The number of piperidine rings is 1. The lowest BCUT2D eigenvalue weighted by Crippen LogP contribution is -2.29. The van der Waals surface area contributed by atoms with Crippen LogP contribution in [0.3, 0.4) is 0 Å². The molecule has 1 aliphatic carbocycles. The van der Waals surface area contributed by atoms with E-state index in [1.807, 2.05) is 10.9 Å². The Morgan fingerprint density at radius 1 is 1.15 bits per heavy atom. The molecule has 34 heavy (non-hydrogen) atoms. The van der Waals surface area contributed by atoms with E-state index in [-0.39, 0.29) is 5.95 Å². The summed E-state index contributed by atoms with van der Waals surface area (Å²) in [4.78, 5) is 16.4. The maximum Gasteiger partial charge on any atom is 0.222 e. The summed E-state index contributed by atoms with van der Waals surface area (Å²) in [7, 11) is 3.91. The van der Waals surface area contributed by atoms with E-state index in [0.717, 1.165) is 92.1 Å². The van der Waals surface area contributed by atoms with Crippen molar-refractivity contribution in [1.82, 2.24) is 29.6 Å². The minimum absolute atomic E-state index is 0.283. The summed E-state index contributed by atoms with van der Waals surface area (Å²) >= 11 is 0. The Labute approximate surface area is 201 Å². The van der Waals surface area contributed by atoms with Crippen molar-refractivity contribution in [3.63, 3.8) is 0 Å². The van der Waals surface area contributed by atoms with Gasteiger partial charge in [0.15, 0.2) is 5.82 Å². The van der Waals surface area contributed by atoms with Crippen molar-refractivity contribution >= 4 is 22.8 Å². The molecule has 0 spiro atoms. The average molecular weight is 465 g/mol. The van der Waals surface area contributed by atoms with Gasteiger partial charge in [0.25, 0.3) is 0 Å². The fourth-order valence-corrected chi connectivity index (χ4v) is 4.87. The quantitative estimate of drug-likeness (QED) is 0.461. The highest BCUT2D eigenvalue weighted by Crippen LogP contribution is 2.43. The number of anilines is 2. The molecule has 0 radical (unpaired) electrons. The van der Waals surface area contributed by atoms with Crippen molar-refractivity contribution in [3.05, 3.63) is 29.2 Å². The van der Waals surface area contributed by atoms with Gasteiger partial charge in [-0.2, -0.15) is 10.1 Å². The number of nitrogens with one attached hydrogen (secondary N) is 1. The molecule has 1 saturated heterocycles. The molecule has 9 nitrogen and oxygen atoms in total. The van der Waals surface area contributed by atoms with Crippen molar-refractivity contribution in [2.45, 2.75) is 63.8 Å². The predicted octanol–water partition coefficient (Wildman–Crippen LogP) is 3.76. The molecule has 3 N–H and O–H groups in total. The van der Waals surface area contributed by atoms with Crippen molar-refractivity contribution in [1.29, 1.82) is 0 Å². The molecule has 182 valence electrons. The van der Waals surface area contributed by atoms with E-state index in [4.69, 9.17) is 20.6 Å². The standard InChI is InChI=1S/C25H36N8O/c1-4-5-10-27-24-23-22(29-25(26)30-24)21(17-6-7-17)31-33(23)15-19-20(34-3)13-18(14-28-19)16-8-11-32(2)12-9-16/h13-14,16-17H,4-12,15H2,1-3H3,(H3,26,27,29,30). The van der Waals surface area contributed by atoms with E-state index < -0.39 is 0 Å². The molecule has 2 aliphatic rings. The molecule has 0 bridgehead atoms. The summed E-state index contributed by atoms with van der Waals surface area (Å²) in [5, 5.41) is 8.46. The van der Waals surface area contributed by atoms with Gasteiger partial charge in [-0.15, -0.1) is 0 Å². The van der Waals surface area contributed by atoms with E-state index >= 15 is 0 Å². The van der Waals surface area contributed by atoms with Gasteiger partial charge in [-0.1, -0.05) is 13.3 Å². The summed E-state index contributed by atoms with van der Waals surface area (Å²) in [6, 6.07) is 2.17. The lowest BCUT2D eigenvalue weighted by atomic mass is 9.90. The van der Waals surface area contributed by atoms with Gasteiger partial charge in [-0.25, -0.2) is 4.98 Å². The van der Waals surface area contributed by atoms with Gasteiger partial charge in [-0.3, -0.25) is 9.67 Å². The summed E-state index contributed by atoms with van der Waals surface area (Å²) < 4.78 is 7.78. The Kier molecular flexibility index (Phi) is 6.54. The number of methoxy groups -OCH3 is 1. The highest BCUT2D eigenvalue weighted by atomic mass is 16.5. The summed E-state index contributed by atoms with van der Waals surface area (Å²) in [5.74, 6) is 2.82. The van der Waals surface area contributed by atoms with Crippen LogP contribution >= 0.6 is 0 Å². The Bertz CT molecular complexity index is 1150. The number of unbranched alkanes of at least 4 members (excludes halogenated alkanes) is 1. The maximum atomic E-state index is 6.09. The molecular weight excluding hydrogens is 428 g/mol. The largest absolute Gasteiger partial charge is 0.495 e. The molecule has 5 rings (SSSR count). The summed E-state index contributed by atoms with van der Waals surface area (Å²) in [6.07, 6.45) is 8.78. The molecule has 3 aromatic heterocycles. The molecule has 1 aliphatic heterocycles. The Morgan fingerprint density at radius 3 is 2.65 bits per heavy atom. The smallest absolute Gasteiger partial charge is 0.222 e. The zero-order chi connectivity index (χ0) is 23.7. The highest BCUT2D eigenvalue weighted by Gasteiger charge is 2.31. The Balaban J connectivity index is 1.49. The molecular formula is C25H36N8O. The first-order valence-corrected chi connectivity index (χ1v) is 12.6. The molecule has 4 heterocycles. The molecule has 2 fully saturated rings. The number of ether oxygens (including phenoxy) is 1. The number of fused-ring (bicyclic) bond motifs is 1. The monoisotopic (exact) mass is 464 g/mol. The predicted molar refractivity (Wildman–Crippen MR) is 134 cm³/mol. The van der Waals surface area contributed by atoms with Crippen LogP contribution < -0.4 is 15.8 Å². The van der Waals surface area contributed by atoms with Crippen LogP contribution in [0.1, 0.15) is 74.2 Å². The van der Waals surface area contributed by atoms with Crippen molar-refractivity contribution in [3.8, 4) is 5.75 Å². The van der Waals surface area contributed by atoms with E-state index in [2.05, 4.69) is 40.2 Å². The zero-order valence-electron chi connectivity index (χ0n) is 20.5. The average Bonchev–Trinajstić information content (AvgIpc) is 3.62. The molecule has 0 aromatic carbocycles. The van der Waals surface area contributed by atoms with Crippen LogP contribution in [0.15, 0.2) is 12.3 Å². The summed E-state index contributed by atoms with van der Waals surface area (Å²) in [6.45, 7) is 5.74. The number of aromatic nitrogens is 5. The van der Waals surface area contributed by atoms with Crippen LogP contribution in [0.5, 0.6) is 5.75 Å². The topological polar surface area (TPSA) is 107 Å². The third-order valence-electron chi connectivity index (χ3n) is 7.08. The second-order valence-electron chi connectivity index (χ2n) is 9.72. The van der Waals surface area contributed by atoms with Gasteiger partial charge < -0.3 is 20.7 Å². The molecule has 0 unspecified atom stereocenters.